The largest absolute Gasteiger partial charge is 0.468 e. The van der Waals surface area contributed by atoms with E-state index >= 15 is 0 Å². The smallest absolute Gasteiger partial charge is 0.274 e. The van der Waals surface area contributed by atoms with Crippen LogP contribution in [-0.4, -0.2) is 64.6 Å². The Labute approximate surface area is 153 Å². The van der Waals surface area contributed by atoms with Crippen molar-refractivity contribution in [2.24, 2.45) is 5.92 Å². The standard InChI is InChI=1S/C19H24N4O3/c1-22(12-15-5-3-8-25-15)17-13-23(11-14-4-2-9-26-18(14)17)19(24)16-10-20-6-7-21-16/h3,5-8,10,14,17-18H,2,4,9,11-13H2,1H3/t14-,17+,18-/m0/s1. The van der Waals surface area contributed by atoms with E-state index in [1.54, 1.807) is 18.7 Å². The summed E-state index contributed by atoms with van der Waals surface area (Å²) < 4.78 is 11.6. The molecule has 2 aromatic heterocycles. The summed E-state index contributed by atoms with van der Waals surface area (Å²) in [6.07, 6.45) is 8.64. The molecule has 0 aromatic carbocycles. The van der Waals surface area contributed by atoms with Crippen molar-refractivity contribution >= 4 is 5.91 Å². The molecule has 0 unspecified atom stereocenters. The number of rotatable bonds is 4. The molecule has 0 aliphatic carbocycles. The summed E-state index contributed by atoms with van der Waals surface area (Å²) in [6.45, 7) is 2.82. The monoisotopic (exact) mass is 356 g/mol. The van der Waals surface area contributed by atoms with E-state index in [-0.39, 0.29) is 18.1 Å². The van der Waals surface area contributed by atoms with Gasteiger partial charge in [0, 0.05) is 38.0 Å². The predicted octanol–water partition coefficient (Wildman–Crippen LogP) is 1.82. The van der Waals surface area contributed by atoms with Crippen LogP contribution in [0.3, 0.4) is 0 Å². The Morgan fingerprint density at radius 3 is 3.08 bits per heavy atom. The normalized spacial score (nSPS) is 25.9. The van der Waals surface area contributed by atoms with E-state index in [9.17, 15) is 4.79 Å². The van der Waals surface area contributed by atoms with Crippen molar-refractivity contribution in [3.05, 3.63) is 48.4 Å². The molecular formula is C19H24N4O3. The number of nitrogens with zero attached hydrogens (tertiary/aromatic N) is 4. The van der Waals surface area contributed by atoms with Crippen LogP contribution >= 0.6 is 0 Å². The Hall–Kier alpha value is -2.25. The highest BCUT2D eigenvalue weighted by molar-refractivity contribution is 5.92. The van der Waals surface area contributed by atoms with Crippen molar-refractivity contribution in [2.75, 3.05) is 26.7 Å². The number of amides is 1. The maximum absolute atomic E-state index is 12.9. The first kappa shape index (κ1) is 17.2. The lowest BCUT2D eigenvalue weighted by molar-refractivity contribution is -0.106. The minimum atomic E-state index is -0.0569. The Kier molecular flexibility index (Phi) is 4.99. The minimum absolute atomic E-state index is 0.0569. The number of hydrogen-bond acceptors (Lipinski definition) is 6. The van der Waals surface area contributed by atoms with Gasteiger partial charge >= 0.3 is 0 Å². The third kappa shape index (κ3) is 3.50. The fourth-order valence-electron chi connectivity index (χ4n) is 4.07. The van der Waals surface area contributed by atoms with Gasteiger partial charge in [-0.05, 0) is 32.0 Å². The molecular weight excluding hydrogens is 332 g/mol. The van der Waals surface area contributed by atoms with E-state index in [0.717, 1.165) is 25.2 Å². The van der Waals surface area contributed by atoms with Gasteiger partial charge in [0.15, 0.2) is 0 Å². The SMILES string of the molecule is CN(Cc1ccco1)[C@@H]1CN(C(=O)c2cnccn2)C[C@@H]2CCCO[C@@H]21. The molecule has 0 N–H and O–H groups in total. The Bertz CT molecular complexity index is 722. The fraction of sp³-hybridized carbons (Fsp3) is 0.526. The summed E-state index contributed by atoms with van der Waals surface area (Å²) in [6, 6.07) is 3.99. The molecule has 138 valence electrons. The average molecular weight is 356 g/mol. The molecule has 0 spiro atoms. The van der Waals surface area contributed by atoms with Gasteiger partial charge < -0.3 is 14.1 Å². The summed E-state index contributed by atoms with van der Waals surface area (Å²) >= 11 is 0. The van der Waals surface area contributed by atoms with Crippen LogP contribution in [0.1, 0.15) is 29.1 Å². The van der Waals surface area contributed by atoms with Crippen molar-refractivity contribution in [1.29, 1.82) is 0 Å². The fourth-order valence-corrected chi connectivity index (χ4v) is 4.07. The van der Waals surface area contributed by atoms with Gasteiger partial charge in [0.1, 0.15) is 11.5 Å². The van der Waals surface area contributed by atoms with E-state index < -0.39 is 0 Å². The van der Waals surface area contributed by atoms with E-state index in [4.69, 9.17) is 9.15 Å². The van der Waals surface area contributed by atoms with Crippen LogP contribution < -0.4 is 0 Å². The second-order valence-corrected chi connectivity index (χ2v) is 7.10. The van der Waals surface area contributed by atoms with Crippen LogP contribution in [0.15, 0.2) is 41.4 Å². The van der Waals surface area contributed by atoms with Gasteiger partial charge in [-0.3, -0.25) is 14.7 Å². The maximum atomic E-state index is 12.9. The molecule has 26 heavy (non-hydrogen) atoms. The summed E-state index contributed by atoms with van der Waals surface area (Å²) in [7, 11) is 2.07. The summed E-state index contributed by atoms with van der Waals surface area (Å²) in [5, 5.41) is 0. The zero-order valence-electron chi connectivity index (χ0n) is 15.0. The Morgan fingerprint density at radius 2 is 2.31 bits per heavy atom. The summed E-state index contributed by atoms with van der Waals surface area (Å²) in [4.78, 5) is 25.2. The molecule has 0 bridgehead atoms. The van der Waals surface area contributed by atoms with Gasteiger partial charge in [0.25, 0.3) is 5.91 Å². The molecule has 2 fully saturated rings. The number of carbonyl (C=O) groups excluding carboxylic acids is 1. The van der Waals surface area contributed by atoms with Gasteiger partial charge in [-0.15, -0.1) is 0 Å². The number of ether oxygens (including phenoxy) is 1. The van der Waals surface area contributed by atoms with Crippen molar-refractivity contribution in [2.45, 2.75) is 31.5 Å². The third-order valence-corrected chi connectivity index (χ3v) is 5.36. The lowest BCUT2D eigenvalue weighted by atomic mass is 9.84. The number of furan rings is 1. The lowest BCUT2D eigenvalue weighted by Gasteiger charge is -2.48. The predicted molar refractivity (Wildman–Crippen MR) is 94.4 cm³/mol. The van der Waals surface area contributed by atoms with Crippen LogP contribution in [0.5, 0.6) is 0 Å². The lowest BCUT2D eigenvalue weighted by Crippen LogP contribution is -2.61. The molecule has 1 amide bonds. The van der Waals surface area contributed by atoms with Gasteiger partial charge in [-0.1, -0.05) is 0 Å². The second kappa shape index (κ2) is 7.55. The first-order valence-corrected chi connectivity index (χ1v) is 9.12. The Morgan fingerprint density at radius 1 is 1.38 bits per heavy atom. The number of carbonyl (C=O) groups is 1. The molecule has 2 aromatic rings. The number of piperidine rings is 1. The van der Waals surface area contributed by atoms with Crippen molar-refractivity contribution < 1.29 is 13.9 Å². The number of likely N-dealkylation sites (N-methyl/N-ethyl adjacent to an activating group) is 1. The zero-order valence-corrected chi connectivity index (χ0v) is 15.0. The summed E-state index contributed by atoms with van der Waals surface area (Å²) in [5.74, 6) is 1.21. The van der Waals surface area contributed by atoms with E-state index in [2.05, 4.69) is 21.9 Å². The average Bonchev–Trinajstić information content (AvgIpc) is 3.20. The number of likely N-dealkylation sites (tertiary alicyclic amines) is 1. The molecule has 0 saturated carbocycles. The van der Waals surface area contributed by atoms with Gasteiger partial charge in [0.05, 0.1) is 31.2 Å². The van der Waals surface area contributed by atoms with Crippen LogP contribution in [0.2, 0.25) is 0 Å². The third-order valence-electron chi connectivity index (χ3n) is 5.36. The first-order chi connectivity index (χ1) is 12.7. The molecule has 4 heterocycles. The van der Waals surface area contributed by atoms with Crippen LogP contribution in [0, 0.1) is 5.92 Å². The van der Waals surface area contributed by atoms with E-state index in [1.807, 2.05) is 17.0 Å². The number of hydrogen-bond donors (Lipinski definition) is 0. The van der Waals surface area contributed by atoms with Crippen LogP contribution in [0.25, 0.3) is 0 Å². The van der Waals surface area contributed by atoms with Crippen molar-refractivity contribution in [1.82, 2.24) is 19.8 Å². The first-order valence-electron chi connectivity index (χ1n) is 9.12. The van der Waals surface area contributed by atoms with Gasteiger partial charge in [-0.25, -0.2) is 4.98 Å². The molecule has 4 rings (SSSR count). The zero-order chi connectivity index (χ0) is 17.9. The van der Waals surface area contributed by atoms with E-state index in [1.165, 1.54) is 6.20 Å². The van der Waals surface area contributed by atoms with Crippen molar-refractivity contribution in [3.63, 3.8) is 0 Å². The van der Waals surface area contributed by atoms with Crippen molar-refractivity contribution in [3.8, 4) is 0 Å². The van der Waals surface area contributed by atoms with E-state index in [0.29, 0.717) is 31.2 Å². The highest BCUT2D eigenvalue weighted by Crippen LogP contribution is 2.31. The Balaban J connectivity index is 1.53. The minimum Gasteiger partial charge on any atom is -0.468 e. The molecule has 0 radical (unpaired) electrons. The molecule has 7 nitrogen and oxygen atoms in total. The molecule has 3 atom stereocenters. The maximum Gasteiger partial charge on any atom is 0.274 e. The second-order valence-electron chi connectivity index (χ2n) is 7.10. The molecule has 2 aliphatic heterocycles. The molecule has 2 aliphatic rings. The van der Waals surface area contributed by atoms with Gasteiger partial charge in [-0.2, -0.15) is 0 Å². The van der Waals surface area contributed by atoms with Crippen LogP contribution in [-0.2, 0) is 11.3 Å². The number of aromatic nitrogens is 2. The topological polar surface area (TPSA) is 71.7 Å². The van der Waals surface area contributed by atoms with Crippen LogP contribution in [0.4, 0.5) is 0 Å². The highest BCUT2D eigenvalue weighted by atomic mass is 16.5. The molecule has 2 saturated heterocycles. The quantitative estimate of drug-likeness (QED) is 0.832. The molecule has 7 heteroatoms. The number of fused-ring (bicyclic) bond motifs is 1. The van der Waals surface area contributed by atoms with Gasteiger partial charge in [0.2, 0.25) is 0 Å². The summed E-state index contributed by atoms with van der Waals surface area (Å²) in [5.41, 5.74) is 0.398. The highest BCUT2D eigenvalue weighted by Gasteiger charge is 2.42.